The summed E-state index contributed by atoms with van der Waals surface area (Å²) in [5.74, 6) is -0.966. The van der Waals surface area contributed by atoms with Crippen LogP contribution in [0.4, 0.5) is 0 Å². The van der Waals surface area contributed by atoms with Crippen molar-refractivity contribution in [2.45, 2.75) is 57.5 Å². The van der Waals surface area contributed by atoms with Crippen molar-refractivity contribution in [1.82, 2.24) is 9.13 Å². The van der Waals surface area contributed by atoms with Crippen molar-refractivity contribution in [3.8, 4) is 0 Å². The third kappa shape index (κ3) is 6.46. The molecule has 2 aliphatic heterocycles. The van der Waals surface area contributed by atoms with E-state index in [1.54, 1.807) is 13.8 Å². The molecule has 36 heavy (non-hydrogen) atoms. The van der Waals surface area contributed by atoms with E-state index in [0.29, 0.717) is 0 Å². The molecule has 1 aromatic heterocycles. The van der Waals surface area contributed by atoms with Gasteiger partial charge in [0.15, 0.2) is 12.0 Å². The van der Waals surface area contributed by atoms with E-state index in [1.165, 1.54) is 16.8 Å². The average molecular weight is 528 g/mol. The van der Waals surface area contributed by atoms with Gasteiger partial charge >= 0.3 is 5.69 Å². The molecular weight excluding hydrogens is 500 g/mol. The molecule has 1 aromatic carbocycles. The Morgan fingerprint density at radius 2 is 1.75 bits per heavy atom. The minimum Gasteiger partial charge on any atom is -0.726 e. The van der Waals surface area contributed by atoms with E-state index in [4.69, 9.17) is 23.7 Å². The molecule has 4 atom stereocenters. The molecule has 0 aliphatic carbocycles. The molecule has 2 aromatic rings. The van der Waals surface area contributed by atoms with Crippen molar-refractivity contribution in [1.29, 1.82) is 0 Å². The summed E-state index contributed by atoms with van der Waals surface area (Å²) in [4.78, 5) is 25.6. The fraction of sp³-hybridized carbons (Fsp3) is 0.545. The van der Waals surface area contributed by atoms with Crippen molar-refractivity contribution in [3.05, 3.63) is 69.0 Å². The van der Waals surface area contributed by atoms with Crippen LogP contribution in [0.2, 0.25) is 0 Å². The molecule has 1 unspecified atom stereocenters. The highest BCUT2D eigenvalue weighted by atomic mass is 32.3. The number of fused-ring (bicyclic) bond motifs is 1. The second-order valence-corrected chi connectivity index (χ2v) is 9.72. The summed E-state index contributed by atoms with van der Waals surface area (Å²) in [5, 5.41) is 0. The maximum atomic E-state index is 13.2. The minimum absolute atomic E-state index is 0.0477. The number of hydrogen-bond acceptors (Lipinski definition) is 11. The van der Waals surface area contributed by atoms with E-state index in [9.17, 15) is 22.6 Å². The number of ether oxygens (including phenoxy) is 5. The Morgan fingerprint density at radius 3 is 2.47 bits per heavy atom. The molecular formula is C22H27N2O11S-. The molecule has 0 bridgehead atoms. The summed E-state index contributed by atoms with van der Waals surface area (Å²) in [6, 6.07) is 10.6. The Hall–Kier alpha value is -2.43. The van der Waals surface area contributed by atoms with Crippen molar-refractivity contribution in [2.24, 2.45) is 0 Å². The van der Waals surface area contributed by atoms with Gasteiger partial charge in [0.2, 0.25) is 10.4 Å². The number of benzene rings is 1. The Balaban J connectivity index is 1.46. The summed E-state index contributed by atoms with van der Waals surface area (Å²) in [6.07, 6.45) is -1.61. The van der Waals surface area contributed by atoms with Crippen molar-refractivity contribution in [3.63, 3.8) is 0 Å². The van der Waals surface area contributed by atoms with Gasteiger partial charge < -0.3 is 28.2 Å². The van der Waals surface area contributed by atoms with Crippen LogP contribution < -0.4 is 11.2 Å². The van der Waals surface area contributed by atoms with Gasteiger partial charge in [0.25, 0.3) is 5.56 Å². The van der Waals surface area contributed by atoms with Crippen LogP contribution >= 0.6 is 0 Å². The fourth-order valence-electron chi connectivity index (χ4n) is 4.08. The Bertz CT molecular complexity index is 1260. The van der Waals surface area contributed by atoms with Gasteiger partial charge in [-0.3, -0.25) is 13.5 Å². The van der Waals surface area contributed by atoms with Crippen molar-refractivity contribution >= 4 is 10.4 Å². The maximum Gasteiger partial charge on any atom is 0.335 e. The number of hydrogen-bond donors (Lipinski definition) is 0. The molecule has 0 saturated carbocycles. The molecule has 2 fully saturated rings. The second kappa shape index (κ2) is 10.9. The van der Waals surface area contributed by atoms with E-state index in [1.807, 2.05) is 30.3 Å². The molecule has 0 spiro atoms. The average Bonchev–Trinajstić information content (AvgIpc) is 3.29. The lowest BCUT2D eigenvalue weighted by Crippen LogP contribution is -2.43. The van der Waals surface area contributed by atoms with Crippen molar-refractivity contribution in [2.75, 3.05) is 19.8 Å². The first-order chi connectivity index (χ1) is 17.0. The molecule has 2 aliphatic rings. The van der Waals surface area contributed by atoms with E-state index >= 15 is 0 Å². The van der Waals surface area contributed by atoms with E-state index in [2.05, 4.69) is 4.18 Å². The number of rotatable bonds is 11. The molecule has 0 radical (unpaired) electrons. The van der Waals surface area contributed by atoms with Crippen LogP contribution in [0, 0.1) is 0 Å². The number of nitrogens with zero attached hydrogens (tertiary/aromatic N) is 2. The fourth-order valence-corrected chi connectivity index (χ4v) is 4.36. The van der Waals surface area contributed by atoms with Gasteiger partial charge in [-0.15, -0.1) is 0 Å². The Morgan fingerprint density at radius 1 is 1.03 bits per heavy atom. The van der Waals surface area contributed by atoms with Gasteiger partial charge in [-0.2, -0.15) is 0 Å². The zero-order valence-corrected chi connectivity index (χ0v) is 20.5. The van der Waals surface area contributed by atoms with Crippen molar-refractivity contribution < 1.29 is 40.8 Å². The zero-order chi connectivity index (χ0) is 25.9. The molecule has 4 rings (SSSR count). The Labute approximate surface area is 207 Å². The molecule has 14 heteroatoms. The predicted octanol–water partition coefficient (Wildman–Crippen LogP) is 0.0952. The summed E-state index contributed by atoms with van der Waals surface area (Å²) in [7, 11) is -4.82. The number of aromatic nitrogens is 2. The first-order valence-electron chi connectivity index (χ1n) is 11.2. The summed E-state index contributed by atoms with van der Waals surface area (Å²) in [5.41, 5.74) is -0.289. The van der Waals surface area contributed by atoms with Gasteiger partial charge in [0.1, 0.15) is 25.0 Å². The molecule has 0 amide bonds. The topological polar surface area (TPSA) is 157 Å². The third-order valence-electron chi connectivity index (χ3n) is 5.56. The Kier molecular flexibility index (Phi) is 8.06. The monoisotopic (exact) mass is 527 g/mol. The van der Waals surface area contributed by atoms with Gasteiger partial charge in [-0.05, 0) is 19.4 Å². The second-order valence-electron chi connectivity index (χ2n) is 8.67. The maximum absolute atomic E-state index is 13.2. The normalized spacial score (nSPS) is 25.2. The highest BCUT2D eigenvalue weighted by Gasteiger charge is 2.56. The standard InChI is InChI=1S/C22H28N2O11S/c1-22(2)34-18-16(13-30-10-11-32-36(27,28)29)33-20(19(18)35-22)23-9-8-17(25)24(21(23)26)14-31-12-15-6-4-3-5-7-15/h3-9,16,18-20H,10-14H2,1-2H3,(H,27,28,29)/p-1/t16-,18?,19+,20-/m1/s1. The molecule has 198 valence electrons. The third-order valence-corrected chi connectivity index (χ3v) is 6.02. The van der Waals surface area contributed by atoms with E-state index < -0.39 is 58.6 Å². The van der Waals surface area contributed by atoms with Crippen LogP contribution in [0.3, 0.4) is 0 Å². The van der Waals surface area contributed by atoms with Crippen LogP contribution in [0.15, 0.2) is 52.2 Å². The van der Waals surface area contributed by atoms with Crippen LogP contribution in [0.1, 0.15) is 25.6 Å². The molecule has 2 saturated heterocycles. The first-order valence-corrected chi connectivity index (χ1v) is 12.5. The lowest BCUT2D eigenvalue weighted by atomic mass is 10.1. The quantitative estimate of drug-likeness (QED) is 0.222. The predicted molar refractivity (Wildman–Crippen MR) is 120 cm³/mol. The molecule has 13 nitrogen and oxygen atoms in total. The highest BCUT2D eigenvalue weighted by Crippen LogP contribution is 2.42. The highest BCUT2D eigenvalue weighted by molar-refractivity contribution is 7.80. The summed E-state index contributed by atoms with van der Waals surface area (Å²) < 4.78 is 66.8. The van der Waals surface area contributed by atoms with Gasteiger partial charge in [-0.25, -0.2) is 17.8 Å². The summed E-state index contributed by atoms with van der Waals surface area (Å²) >= 11 is 0. The lowest BCUT2D eigenvalue weighted by Gasteiger charge is -2.25. The largest absolute Gasteiger partial charge is 0.726 e. The smallest absolute Gasteiger partial charge is 0.335 e. The van der Waals surface area contributed by atoms with Crippen LogP contribution in [-0.2, 0) is 51.6 Å². The van der Waals surface area contributed by atoms with Gasteiger partial charge in [0, 0.05) is 12.3 Å². The SMILES string of the molecule is CC1(C)OC2[C@@H](COCCOS(=O)(=O)[O-])O[C@@H](n3ccc(=O)n(COCc4ccccc4)c3=O)[C@H]2O1. The molecule has 0 N–H and O–H groups in total. The summed E-state index contributed by atoms with van der Waals surface area (Å²) in [6.45, 7) is 2.71. The lowest BCUT2D eigenvalue weighted by molar-refractivity contribution is -0.202. The van der Waals surface area contributed by atoms with E-state index in [-0.39, 0.29) is 26.6 Å². The van der Waals surface area contributed by atoms with Crippen LogP contribution in [0.25, 0.3) is 0 Å². The molecule has 3 heterocycles. The van der Waals surface area contributed by atoms with E-state index in [0.717, 1.165) is 10.1 Å². The van der Waals surface area contributed by atoms with Gasteiger partial charge in [-0.1, -0.05) is 30.3 Å². The van der Waals surface area contributed by atoms with Crippen LogP contribution in [0.5, 0.6) is 0 Å². The first kappa shape index (κ1) is 26.6. The minimum atomic E-state index is -4.82. The van der Waals surface area contributed by atoms with Gasteiger partial charge in [0.05, 0.1) is 26.4 Å². The van der Waals surface area contributed by atoms with Crippen LogP contribution in [-0.4, -0.2) is 66.0 Å². The zero-order valence-electron chi connectivity index (χ0n) is 19.7.